The van der Waals surface area contributed by atoms with E-state index < -0.39 is 0 Å². The van der Waals surface area contributed by atoms with Crippen LogP contribution in [-0.2, 0) is 14.1 Å². The first-order valence-corrected chi connectivity index (χ1v) is 5.33. The molecule has 72 valence electrons. The SMILES string of the molecule is Cn1cc[n+](C)c1Sc1ccccc1. The van der Waals surface area contributed by atoms with E-state index in [0.717, 1.165) is 0 Å². The minimum absolute atomic E-state index is 1.23. The summed E-state index contributed by atoms with van der Waals surface area (Å²) in [4.78, 5) is 1.27. The highest BCUT2D eigenvalue weighted by Gasteiger charge is 2.12. The van der Waals surface area contributed by atoms with Crippen molar-refractivity contribution in [3.8, 4) is 0 Å². The molecule has 1 aromatic heterocycles. The fraction of sp³-hybridized carbons (Fsp3) is 0.182. The Morgan fingerprint density at radius 1 is 1.21 bits per heavy atom. The number of hydrogen-bond donors (Lipinski definition) is 0. The molecule has 0 fully saturated rings. The molecule has 2 aromatic rings. The third kappa shape index (κ3) is 1.82. The fourth-order valence-electron chi connectivity index (χ4n) is 1.31. The number of aryl methyl sites for hydroxylation is 2. The smallest absolute Gasteiger partial charge is 0.227 e. The maximum absolute atomic E-state index is 2.12. The molecule has 3 heteroatoms. The molecule has 0 aliphatic carbocycles. The lowest BCUT2D eigenvalue weighted by molar-refractivity contribution is -0.709. The minimum atomic E-state index is 1.23. The van der Waals surface area contributed by atoms with E-state index >= 15 is 0 Å². The Labute approximate surface area is 88.2 Å². The molecule has 0 N–H and O–H groups in total. The number of aromatic nitrogens is 2. The predicted octanol–water partition coefficient (Wildman–Crippen LogP) is 2.00. The van der Waals surface area contributed by atoms with Gasteiger partial charge in [-0.25, -0.2) is 9.13 Å². The summed E-state index contributed by atoms with van der Waals surface area (Å²) in [6.45, 7) is 0. The molecule has 0 radical (unpaired) electrons. The van der Waals surface area contributed by atoms with Crippen molar-refractivity contribution in [1.82, 2.24) is 4.57 Å². The summed E-state index contributed by atoms with van der Waals surface area (Å²) in [6.07, 6.45) is 4.12. The Hall–Kier alpha value is -1.22. The molecule has 1 heterocycles. The molecule has 0 spiro atoms. The van der Waals surface area contributed by atoms with Crippen molar-refractivity contribution >= 4 is 11.8 Å². The first-order chi connectivity index (χ1) is 6.77. The number of benzene rings is 1. The summed E-state index contributed by atoms with van der Waals surface area (Å²) in [5.74, 6) is 0. The van der Waals surface area contributed by atoms with Crippen LogP contribution < -0.4 is 4.57 Å². The maximum Gasteiger partial charge on any atom is 0.322 e. The minimum Gasteiger partial charge on any atom is -0.227 e. The van der Waals surface area contributed by atoms with Gasteiger partial charge < -0.3 is 0 Å². The normalized spacial score (nSPS) is 10.4. The number of imidazole rings is 1. The van der Waals surface area contributed by atoms with Gasteiger partial charge in [0, 0.05) is 4.90 Å². The lowest BCUT2D eigenvalue weighted by Gasteiger charge is -1.97. The Morgan fingerprint density at radius 3 is 2.50 bits per heavy atom. The van der Waals surface area contributed by atoms with Gasteiger partial charge in [0.25, 0.3) is 0 Å². The number of rotatable bonds is 2. The Morgan fingerprint density at radius 2 is 1.93 bits per heavy atom. The zero-order valence-corrected chi connectivity index (χ0v) is 9.16. The van der Waals surface area contributed by atoms with Crippen LogP contribution >= 0.6 is 11.8 Å². The van der Waals surface area contributed by atoms with Crippen molar-refractivity contribution in [2.75, 3.05) is 0 Å². The van der Waals surface area contributed by atoms with E-state index in [1.165, 1.54) is 10.1 Å². The summed E-state index contributed by atoms with van der Waals surface area (Å²) >= 11 is 1.77. The van der Waals surface area contributed by atoms with Gasteiger partial charge in [0.1, 0.15) is 12.4 Å². The molecular formula is C11H13N2S+. The van der Waals surface area contributed by atoms with Gasteiger partial charge in [-0.15, -0.1) is 0 Å². The van der Waals surface area contributed by atoms with E-state index in [0.29, 0.717) is 0 Å². The quantitative estimate of drug-likeness (QED) is 0.681. The molecule has 0 bridgehead atoms. The fourth-order valence-corrected chi connectivity index (χ4v) is 2.23. The number of nitrogens with zero attached hydrogens (tertiary/aromatic N) is 2. The summed E-state index contributed by atoms with van der Waals surface area (Å²) in [7, 11) is 4.12. The van der Waals surface area contributed by atoms with Crippen LogP contribution in [0.5, 0.6) is 0 Å². The van der Waals surface area contributed by atoms with Crippen LogP contribution in [0.4, 0.5) is 0 Å². The molecule has 0 aliphatic heterocycles. The second kappa shape index (κ2) is 3.88. The van der Waals surface area contributed by atoms with Crippen molar-refractivity contribution < 1.29 is 4.57 Å². The van der Waals surface area contributed by atoms with Crippen LogP contribution in [0.25, 0.3) is 0 Å². The third-order valence-corrected chi connectivity index (χ3v) is 3.34. The van der Waals surface area contributed by atoms with Crippen LogP contribution in [0, 0.1) is 0 Å². The molecule has 0 saturated carbocycles. The highest BCUT2D eigenvalue weighted by atomic mass is 32.2. The molecule has 14 heavy (non-hydrogen) atoms. The monoisotopic (exact) mass is 205 g/mol. The number of hydrogen-bond acceptors (Lipinski definition) is 1. The van der Waals surface area contributed by atoms with Crippen LogP contribution in [0.2, 0.25) is 0 Å². The van der Waals surface area contributed by atoms with E-state index in [1.807, 2.05) is 6.07 Å². The average molecular weight is 205 g/mol. The van der Waals surface area contributed by atoms with Gasteiger partial charge in [-0.05, 0) is 23.9 Å². The molecular weight excluding hydrogens is 192 g/mol. The largest absolute Gasteiger partial charge is 0.322 e. The second-order valence-corrected chi connectivity index (χ2v) is 4.26. The van der Waals surface area contributed by atoms with Crippen molar-refractivity contribution in [3.05, 3.63) is 42.7 Å². The molecule has 2 nitrogen and oxygen atoms in total. The molecule has 2 rings (SSSR count). The van der Waals surface area contributed by atoms with E-state index in [1.54, 1.807) is 11.8 Å². The lowest BCUT2D eigenvalue weighted by atomic mass is 10.4. The summed E-state index contributed by atoms with van der Waals surface area (Å²) in [6, 6.07) is 10.4. The highest BCUT2D eigenvalue weighted by molar-refractivity contribution is 7.99. The zero-order valence-electron chi connectivity index (χ0n) is 8.34. The van der Waals surface area contributed by atoms with Gasteiger partial charge in [0.05, 0.1) is 14.1 Å². The van der Waals surface area contributed by atoms with Gasteiger partial charge in [-0.2, -0.15) is 0 Å². The van der Waals surface area contributed by atoms with E-state index in [2.05, 4.69) is 59.9 Å². The molecule has 0 aliphatic rings. The summed E-state index contributed by atoms with van der Waals surface area (Å²) < 4.78 is 4.25. The van der Waals surface area contributed by atoms with Gasteiger partial charge in [0.15, 0.2) is 0 Å². The highest BCUT2D eigenvalue weighted by Crippen LogP contribution is 2.23. The first kappa shape index (κ1) is 9.34. The zero-order chi connectivity index (χ0) is 9.97. The van der Waals surface area contributed by atoms with Gasteiger partial charge in [-0.1, -0.05) is 18.2 Å². The van der Waals surface area contributed by atoms with Gasteiger partial charge >= 0.3 is 5.16 Å². The molecule has 0 atom stereocenters. The average Bonchev–Trinajstić information content (AvgIpc) is 2.51. The van der Waals surface area contributed by atoms with E-state index in [9.17, 15) is 0 Å². The Bertz CT molecular complexity index is 401. The standard InChI is InChI=1S/C11H13N2S/c1-12-8-9-13(2)11(12)14-10-6-4-3-5-7-10/h3-9H,1-2H3/q+1. The molecule has 1 aromatic carbocycles. The Kier molecular flexibility index (Phi) is 2.59. The first-order valence-electron chi connectivity index (χ1n) is 4.51. The molecule has 0 saturated heterocycles. The Balaban J connectivity index is 2.27. The van der Waals surface area contributed by atoms with E-state index in [4.69, 9.17) is 0 Å². The third-order valence-electron chi connectivity index (χ3n) is 2.07. The summed E-state index contributed by atoms with van der Waals surface area (Å²) in [5.41, 5.74) is 0. The molecule has 0 unspecified atom stereocenters. The van der Waals surface area contributed by atoms with Crippen molar-refractivity contribution in [2.24, 2.45) is 14.1 Å². The summed E-state index contributed by atoms with van der Waals surface area (Å²) in [5, 5.41) is 1.23. The van der Waals surface area contributed by atoms with Crippen LogP contribution in [0.3, 0.4) is 0 Å². The van der Waals surface area contributed by atoms with Crippen molar-refractivity contribution in [3.63, 3.8) is 0 Å². The molecule has 0 amide bonds. The van der Waals surface area contributed by atoms with Crippen LogP contribution in [0.1, 0.15) is 0 Å². The van der Waals surface area contributed by atoms with Gasteiger partial charge in [-0.3, -0.25) is 0 Å². The van der Waals surface area contributed by atoms with Crippen molar-refractivity contribution in [2.45, 2.75) is 10.1 Å². The maximum atomic E-state index is 2.12. The topological polar surface area (TPSA) is 8.81 Å². The van der Waals surface area contributed by atoms with Crippen LogP contribution in [-0.4, -0.2) is 4.57 Å². The van der Waals surface area contributed by atoms with Crippen LogP contribution in [0.15, 0.2) is 52.8 Å². The van der Waals surface area contributed by atoms with E-state index in [-0.39, 0.29) is 0 Å². The predicted molar refractivity (Wildman–Crippen MR) is 57.2 cm³/mol. The lowest BCUT2D eigenvalue weighted by Crippen LogP contribution is -2.28. The van der Waals surface area contributed by atoms with Crippen molar-refractivity contribution in [1.29, 1.82) is 0 Å². The second-order valence-electron chi connectivity index (χ2n) is 3.22. The van der Waals surface area contributed by atoms with Gasteiger partial charge in [0.2, 0.25) is 0 Å².